The van der Waals surface area contributed by atoms with Crippen molar-refractivity contribution in [2.75, 3.05) is 0 Å². The molecule has 0 spiro atoms. The number of benzene rings is 1. The quantitative estimate of drug-likeness (QED) is 0.879. The van der Waals surface area contributed by atoms with Gasteiger partial charge in [-0.15, -0.1) is 0 Å². The molecule has 0 aliphatic heterocycles. The maximum atomic E-state index is 5.93. The van der Waals surface area contributed by atoms with E-state index in [-0.39, 0.29) is 6.04 Å². The minimum Gasteiger partial charge on any atom is -0.323 e. The Morgan fingerprint density at radius 3 is 2.76 bits per heavy atom. The van der Waals surface area contributed by atoms with Gasteiger partial charge in [0.05, 0.1) is 18.2 Å². The molecule has 0 aliphatic rings. The Balaban J connectivity index is 2.46. The topological polar surface area (TPSA) is 43.8 Å². The average Bonchev–Trinajstić information content (AvgIpc) is 2.77. The van der Waals surface area contributed by atoms with Gasteiger partial charge in [-0.25, -0.2) is 4.98 Å². The maximum Gasteiger partial charge on any atom is 0.0994 e. The van der Waals surface area contributed by atoms with Crippen LogP contribution in [0.1, 0.15) is 36.7 Å². The van der Waals surface area contributed by atoms with Gasteiger partial charge < -0.3 is 10.3 Å². The lowest BCUT2D eigenvalue weighted by atomic mass is 10.1. The molecule has 0 aliphatic carbocycles. The highest BCUT2D eigenvalue weighted by Crippen LogP contribution is 2.19. The van der Waals surface area contributed by atoms with E-state index < -0.39 is 0 Å². The minimum atomic E-state index is -0.0105. The molecule has 2 N–H and O–H groups in total. The van der Waals surface area contributed by atoms with Gasteiger partial charge in [-0.2, -0.15) is 0 Å². The summed E-state index contributed by atoms with van der Waals surface area (Å²) in [6.45, 7) is 6.29. The number of imidazole rings is 1. The average molecular weight is 229 g/mol. The van der Waals surface area contributed by atoms with E-state index in [0.717, 1.165) is 17.8 Å². The molecule has 17 heavy (non-hydrogen) atoms. The molecule has 3 nitrogen and oxygen atoms in total. The summed E-state index contributed by atoms with van der Waals surface area (Å²) in [4.78, 5) is 4.17. The number of nitrogens with zero attached hydrogens (tertiary/aromatic N) is 2. The van der Waals surface area contributed by atoms with Crippen LogP contribution in [0.4, 0.5) is 0 Å². The van der Waals surface area contributed by atoms with Gasteiger partial charge in [0.1, 0.15) is 0 Å². The molecule has 2 rings (SSSR count). The number of hydrogen-bond acceptors (Lipinski definition) is 2. The van der Waals surface area contributed by atoms with E-state index in [0.29, 0.717) is 0 Å². The van der Waals surface area contributed by atoms with Crippen LogP contribution in [0.15, 0.2) is 30.7 Å². The van der Waals surface area contributed by atoms with Crippen LogP contribution < -0.4 is 5.73 Å². The third kappa shape index (κ3) is 2.24. The van der Waals surface area contributed by atoms with Gasteiger partial charge in [0.25, 0.3) is 0 Å². The van der Waals surface area contributed by atoms with Crippen LogP contribution in [0.3, 0.4) is 0 Å². The molecule has 1 aromatic carbocycles. The number of nitrogens with two attached hydrogens (primary N) is 1. The van der Waals surface area contributed by atoms with Gasteiger partial charge in [0, 0.05) is 11.7 Å². The number of rotatable bonds is 3. The van der Waals surface area contributed by atoms with Gasteiger partial charge in [0.2, 0.25) is 0 Å². The molecular formula is C14H19N3. The number of hydrogen-bond donors (Lipinski definition) is 1. The Morgan fingerprint density at radius 1 is 1.41 bits per heavy atom. The Kier molecular flexibility index (Phi) is 3.29. The summed E-state index contributed by atoms with van der Waals surface area (Å²) in [5.41, 5.74) is 10.8. The molecule has 1 atom stereocenters. The lowest BCUT2D eigenvalue weighted by Gasteiger charge is -2.12. The third-order valence-electron chi connectivity index (χ3n) is 3.12. The normalized spacial score (nSPS) is 12.7. The van der Waals surface area contributed by atoms with Crippen molar-refractivity contribution in [3.05, 3.63) is 47.5 Å². The molecule has 0 bridgehead atoms. The van der Waals surface area contributed by atoms with Crippen molar-refractivity contribution in [2.24, 2.45) is 5.73 Å². The zero-order chi connectivity index (χ0) is 12.4. The summed E-state index contributed by atoms with van der Waals surface area (Å²) in [7, 11) is 0. The number of aromatic nitrogens is 2. The van der Waals surface area contributed by atoms with Crippen molar-refractivity contribution in [3.63, 3.8) is 0 Å². The van der Waals surface area contributed by atoms with Crippen LogP contribution in [-0.2, 0) is 6.42 Å². The molecule has 90 valence electrons. The van der Waals surface area contributed by atoms with Crippen molar-refractivity contribution in [1.82, 2.24) is 9.55 Å². The Labute approximate surface area is 102 Å². The molecule has 0 radical (unpaired) electrons. The van der Waals surface area contributed by atoms with E-state index in [1.54, 1.807) is 0 Å². The van der Waals surface area contributed by atoms with Crippen molar-refractivity contribution in [3.8, 4) is 5.69 Å². The summed E-state index contributed by atoms with van der Waals surface area (Å²) < 4.78 is 2.05. The largest absolute Gasteiger partial charge is 0.323 e. The lowest BCUT2D eigenvalue weighted by Crippen LogP contribution is -2.10. The summed E-state index contributed by atoms with van der Waals surface area (Å²) in [6, 6.07) is 6.48. The van der Waals surface area contributed by atoms with Crippen LogP contribution >= 0.6 is 0 Å². The van der Waals surface area contributed by atoms with Crippen LogP contribution in [0, 0.1) is 6.92 Å². The van der Waals surface area contributed by atoms with Crippen molar-refractivity contribution in [2.45, 2.75) is 33.2 Å². The minimum absolute atomic E-state index is 0.0105. The second-order valence-corrected chi connectivity index (χ2v) is 4.44. The third-order valence-corrected chi connectivity index (χ3v) is 3.12. The highest BCUT2D eigenvalue weighted by Gasteiger charge is 2.08. The zero-order valence-corrected chi connectivity index (χ0v) is 10.6. The highest BCUT2D eigenvalue weighted by atomic mass is 15.1. The maximum absolute atomic E-state index is 5.93. The molecular weight excluding hydrogens is 210 g/mol. The van der Waals surface area contributed by atoms with E-state index >= 15 is 0 Å². The first-order valence-electron chi connectivity index (χ1n) is 6.01. The van der Waals surface area contributed by atoms with Crippen molar-refractivity contribution < 1.29 is 0 Å². The molecule has 0 saturated carbocycles. The van der Waals surface area contributed by atoms with E-state index in [9.17, 15) is 0 Å². The summed E-state index contributed by atoms with van der Waals surface area (Å²) in [6.07, 6.45) is 4.71. The van der Waals surface area contributed by atoms with Gasteiger partial charge in [-0.1, -0.05) is 13.0 Å². The van der Waals surface area contributed by atoms with Crippen LogP contribution in [-0.4, -0.2) is 9.55 Å². The second kappa shape index (κ2) is 4.72. The lowest BCUT2D eigenvalue weighted by molar-refractivity contribution is 0.752. The smallest absolute Gasteiger partial charge is 0.0994 e. The van der Waals surface area contributed by atoms with Gasteiger partial charge in [-0.05, 0) is 43.5 Å². The first-order chi connectivity index (χ1) is 8.13. The van der Waals surface area contributed by atoms with Crippen molar-refractivity contribution >= 4 is 0 Å². The highest BCUT2D eigenvalue weighted by molar-refractivity contribution is 5.41. The van der Waals surface area contributed by atoms with E-state index in [1.807, 2.05) is 19.4 Å². The van der Waals surface area contributed by atoms with Gasteiger partial charge >= 0.3 is 0 Å². The van der Waals surface area contributed by atoms with Gasteiger partial charge in [0.15, 0.2) is 0 Å². The molecule has 3 heteroatoms. The van der Waals surface area contributed by atoms with Crippen LogP contribution in [0.5, 0.6) is 0 Å². The van der Waals surface area contributed by atoms with E-state index in [4.69, 9.17) is 5.73 Å². The van der Waals surface area contributed by atoms with Gasteiger partial charge in [-0.3, -0.25) is 0 Å². The summed E-state index contributed by atoms with van der Waals surface area (Å²) in [5.74, 6) is 0. The molecule has 1 heterocycles. The summed E-state index contributed by atoms with van der Waals surface area (Å²) in [5, 5.41) is 0. The first kappa shape index (κ1) is 11.9. The SMILES string of the molecule is CCc1ccc(-n2cncc2[C@H](C)N)cc1C. The molecule has 1 aromatic heterocycles. The fraction of sp³-hybridized carbons (Fsp3) is 0.357. The Morgan fingerprint density at radius 2 is 2.18 bits per heavy atom. The number of aryl methyl sites for hydroxylation is 2. The van der Waals surface area contributed by atoms with E-state index in [1.165, 1.54) is 11.1 Å². The fourth-order valence-electron chi connectivity index (χ4n) is 2.08. The fourth-order valence-corrected chi connectivity index (χ4v) is 2.08. The second-order valence-electron chi connectivity index (χ2n) is 4.44. The van der Waals surface area contributed by atoms with E-state index in [2.05, 4.69) is 41.6 Å². The predicted octanol–water partition coefficient (Wildman–Crippen LogP) is 2.76. The van der Waals surface area contributed by atoms with Crippen LogP contribution in [0.25, 0.3) is 5.69 Å². The molecule has 0 saturated heterocycles. The molecule has 0 fully saturated rings. The van der Waals surface area contributed by atoms with Crippen LogP contribution in [0.2, 0.25) is 0 Å². The van der Waals surface area contributed by atoms with Crippen molar-refractivity contribution in [1.29, 1.82) is 0 Å². The Bertz CT molecular complexity index is 512. The monoisotopic (exact) mass is 229 g/mol. The molecule has 2 aromatic rings. The zero-order valence-electron chi connectivity index (χ0n) is 10.6. The molecule has 0 unspecified atom stereocenters. The molecule has 0 amide bonds. The summed E-state index contributed by atoms with van der Waals surface area (Å²) >= 11 is 0. The standard InChI is InChI=1S/C14H19N3/c1-4-12-5-6-13(7-10(12)2)17-9-16-8-14(17)11(3)15/h5-9,11H,4,15H2,1-3H3/t11-/m0/s1. The predicted molar refractivity (Wildman–Crippen MR) is 70.3 cm³/mol. The Hall–Kier alpha value is -1.61. The first-order valence-corrected chi connectivity index (χ1v) is 6.01.